The quantitative estimate of drug-likeness (QED) is 0.153. The molecule has 12 nitrogen and oxygen atoms in total. The second-order valence-electron chi connectivity index (χ2n) is 8.36. The Labute approximate surface area is 202 Å². The Morgan fingerprint density at radius 3 is 2.33 bits per heavy atom. The van der Waals surface area contributed by atoms with Gasteiger partial charge in [0.2, 0.25) is 5.72 Å². The van der Waals surface area contributed by atoms with Crippen molar-refractivity contribution in [2.45, 2.75) is 36.8 Å². The van der Waals surface area contributed by atoms with Crippen molar-refractivity contribution >= 4 is 0 Å². The van der Waals surface area contributed by atoms with Crippen molar-refractivity contribution in [3.63, 3.8) is 0 Å². The van der Waals surface area contributed by atoms with Crippen molar-refractivity contribution in [1.82, 2.24) is 14.6 Å². The van der Waals surface area contributed by atoms with Crippen molar-refractivity contribution in [2.75, 3.05) is 6.61 Å². The zero-order valence-corrected chi connectivity index (χ0v) is 18.7. The molecule has 1 aliphatic heterocycles. The van der Waals surface area contributed by atoms with Gasteiger partial charge in [-0.3, -0.25) is 9.78 Å². The summed E-state index contributed by atoms with van der Waals surface area (Å²) in [7, 11) is 0. The summed E-state index contributed by atoms with van der Waals surface area (Å²) in [6, 6.07) is 11.2. The molecule has 1 fully saturated rings. The van der Waals surface area contributed by atoms with Crippen LogP contribution in [0.3, 0.4) is 0 Å². The van der Waals surface area contributed by atoms with E-state index in [1.807, 2.05) is 4.98 Å². The van der Waals surface area contributed by atoms with Crippen molar-refractivity contribution in [3.8, 4) is 5.75 Å². The van der Waals surface area contributed by atoms with Gasteiger partial charge in [0.05, 0.1) is 13.2 Å². The molecule has 2 aromatic carbocycles. The van der Waals surface area contributed by atoms with Crippen LogP contribution in [0.15, 0.2) is 64.3 Å². The van der Waals surface area contributed by atoms with Crippen LogP contribution in [0.2, 0.25) is 0 Å². The van der Waals surface area contributed by atoms with Gasteiger partial charge in [0, 0.05) is 23.7 Å². The maximum Gasteiger partial charge on any atom is 0.332 e. The predicted molar refractivity (Wildman–Crippen MR) is 119 cm³/mol. The van der Waals surface area contributed by atoms with E-state index in [0.29, 0.717) is 4.57 Å². The first kappa shape index (κ1) is 25.7. The smallest absolute Gasteiger partial charge is 0.332 e. The molecule has 36 heavy (non-hydrogen) atoms. The number of hydrogen-bond donors (Lipinski definition) is 7. The Kier molecular flexibility index (Phi) is 6.81. The minimum atomic E-state index is -3.27. The fraction of sp³-hybridized carbons (Fsp3) is 0.304. The Morgan fingerprint density at radius 2 is 1.69 bits per heavy atom. The van der Waals surface area contributed by atoms with Crippen LogP contribution in [0.4, 0.5) is 4.39 Å². The summed E-state index contributed by atoms with van der Waals surface area (Å²) in [5, 5.41) is 64.1. The molecule has 0 aliphatic carbocycles. The summed E-state index contributed by atoms with van der Waals surface area (Å²) >= 11 is 0. The van der Waals surface area contributed by atoms with Crippen LogP contribution < -0.4 is 11.2 Å². The van der Waals surface area contributed by atoms with Crippen LogP contribution in [0.5, 0.6) is 5.75 Å². The number of nitrogens with one attached hydrogen (secondary N) is 1. The number of ether oxygens (including phenoxy) is 1. The summed E-state index contributed by atoms with van der Waals surface area (Å²) in [4.78, 5) is 27.1. The number of rotatable bonds is 7. The Hall–Kier alpha value is -3.43. The number of aromatic nitrogens is 2. The fourth-order valence-corrected chi connectivity index (χ4v) is 4.14. The van der Waals surface area contributed by atoms with E-state index in [-0.39, 0.29) is 33.9 Å². The molecule has 0 bridgehead atoms. The number of halogens is 1. The van der Waals surface area contributed by atoms with Gasteiger partial charge < -0.3 is 35.5 Å². The van der Waals surface area contributed by atoms with Crippen LogP contribution in [-0.4, -0.2) is 69.9 Å². The topological polar surface area (TPSA) is 189 Å². The van der Waals surface area contributed by atoms with Gasteiger partial charge in [-0.15, -0.1) is 5.06 Å². The Bertz CT molecular complexity index is 1380. The third kappa shape index (κ3) is 4.12. The minimum Gasteiger partial charge on any atom is -0.508 e. The van der Waals surface area contributed by atoms with Gasteiger partial charge in [0.25, 0.3) is 5.56 Å². The van der Waals surface area contributed by atoms with Gasteiger partial charge in [-0.25, -0.2) is 13.8 Å². The van der Waals surface area contributed by atoms with Gasteiger partial charge in [0.1, 0.15) is 23.8 Å². The van der Waals surface area contributed by atoms with Gasteiger partial charge in [-0.05, 0) is 17.7 Å². The van der Waals surface area contributed by atoms with E-state index in [1.54, 1.807) is 0 Å². The predicted octanol–water partition coefficient (Wildman–Crippen LogP) is -1.09. The van der Waals surface area contributed by atoms with Gasteiger partial charge in [-0.2, -0.15) is 0 Å². The summed E-state index contributed by atoms with van der Waals surface area (Å²) < 4.78 is 19.7. The lowest BCUT2D eigenvalue weighted by molar-refractivity contribution is -0.413. The molecule has 2 heterocycles. The lowest BCUT2D eigenvalue weighted by Crippen LogP contribution is -2.68. The SMILES string of the molecule is O=c1[nH]c(=O)n([C@@]2(O)O[C@H](CO)[C@@H](O)[C@]2(O)N(O)Cc2ccccc2O)cc1Cc1ccccc1F. The lowest BCUT2D eigenvalue weighted by atomic mass is 9.99. The minimum absolute atomic E-state index is 0.0382. The molecule has 0 radical (unpaired) electrons. The number of aromatic hydroxyl groups is 1. The molecule has 13 heteroatoms. The summed E-state index contributed by atoms with van der Waals surface area (Å²) in [5.74, 6) is -4.20. The van der Waals surface area contributed by atoms with Crippen LogP contribution in [0, 0.1) is 5.82 Å². The molecule has 4 atom stereocenters. The zero-order valence-electron chi connectivity index (χ0n) is 18.7. The molecule has 0 unspecified atom stereocenters. The van der Waals surface area contributed by atoms with Crippen LogP contribution in [0.1, 0.15) is 16.7 Å². The first-order valence-corrected chi connectivity index (χ1v) is 10.8. The van der Waals surface area contributed by atoms with Crippen LogP contribution in [-0.2, 0) is 23.6 Å². The molecule has 1 saturated heterocycles. The molecule has 1 aromatic heterocycles. The largest absolute Gasteiger partial charge is 0.508 e. The summed E-state index contributed by atoms with van der Waals surface area (Å²) in [6.07, 6.45) is -3.44. The number of hydroxylamine groups is 2. The average Bonchev–Trinajstić information content (AvgIpc) is 3.05. The van der Waals surface area contributed by atoms with Crippen molar-refractivity contribution in [2.24, 2.45) is 0 Å². The first-order valence-electron chi connectivity index (χ1n) is 10.8. The fourth-order valence-electron chi connectivity index (χ4n) is 4.14. The van der Waals surface area contributed by atoms with E-state index < -0.39 is 54.1 Å². The molecule has 3 aromatic rings. The summed E-state index contributed by atoms with van der Waals surface area (Å²) in [5.41, 5.74) is -5.52. The van der Waals surface area contributed by atoms with E-state index in [4.69, 9.17) is 4.74 Å². The van der Waals surface area contributed by atoms with E-state index in [9.17, 15) is 44.7 Å². The summed E-state index contributed by atoms with van der Waals surface area (Å²) in [6.45, 7) is -1.62. The van der Waals surface area contributed by atoms with Crippen LogP contribution in [0.25, 0.3) is 0 Å². The number of nitrogens with zero attached hydrogens (tertiary/aromatic N) is 2. The molecule has 0 amide bonds. The molecule has 0 spiro atoms. The molecular formula is C23H24FN3O9. The third-order valence-corrected chi connectivity index (χ3v) is 6.13. The highest BCUT2D eigenvalue weighted by Gasteiger charge is 2.70. The van der Waals surface area contributed by atoms with Gasteiger partial charge in [-0.1, -0.05) is 36.4 Å². The third-order valence-electron chi connectivity index (χ3n) is 6.13. The first-order chi connectivity index (χ1) is 17.0. The highest BCUT2D eigenvalue weighted by molar-refractivity contribution is 5.32. The molecular weight excluding hydrogens is 481 g/mol. The monoisotopic (exact) mass is 505 g/mol. The zero-order chi connectivity index (χ0) is 26.3. The van der Waals surface area contributed by atoms with Crippen LogP contribution >= 0.6 is 0 Å². The molecule has 0 saturated carbocycles. The number of aliphatic hydroxyl groups excluding tert-OH is 2. The maximum absolute atomic E-state index is 14.2. The number of phenolic OH excluding ortho intramolecular Hbond substituents is 1. The highest BCUT2D eigenvalue weighted by atomic mass is 19.1. The molecule has 7 N–H and O–H groups in total. The normalized spacial score (nSPS) is 26.0. The maximum atomic E-state index is 14.2. The second kappa shape index (κ2) is 9.55. The number of phenols is 1. The molecule has 192 valence electrons. The van der Waals surface area contributed by atoms with Crippen molar-refractivity contribution in [1.29, 1.82) is 0 Å². The van der Waals surface area contributed by atoms with Gasteiger partial charge >= 0.3 is 11.6 Å². The second-order valence-corrected chi connectivity index (χ2v) is 8.36. The van der Waals surface area contributed by atoms with Crippen molar-refractivity contribution < 1.29 is 39.9 Å². The number of H-pyrrole nitrogens is 1. The number of hydrogen-bond acceptors (Lipinski definition) is 10. The average molecular weight is 505 g/mol. The van der Waals surface area contributed by atoms with Gasteiger partial charge in [0.15, 0.2) is 0 Å². The van der Waals surface area contributed by atoms with E-state index in [1.165, 1.54) is 42.5 Å². The van der Waals surface area contributed by atoms with E-state index in [2.05, 4.69) is 0 Å². The number of benzene rings is 2. The molecule has 4 rings (SSSR count). The number of aromatic amines is 1. The molecule has 1 aliphatic rings. The Morgan fingerprint density at radius 1 is 1.06 bits per heavy atom. The number of aliphatic hydroxyl groups is 4. The van der Waals surface area contributed by atoms with E-state index in [0.717, 1.165) is 12.3 Å². The van der Waals surface area contributed by atoms with Crippen molar-refractivity contribution in [3.05, 3.63) is 98.1 Å². The highest BCUT2D eigenvalue weighted by Crippen LogP contribution is 2.43. The lowest BCUT2D eigenvalue weighted by Gasteiger charge is -2.42. The number of para-hydroxylation sites is 1. The standard InChI is InChI=1S/C23H24FN3O9/c24-16-7-3-1-5-13(16)9-15-10-26(21(32)25-20(15)31)23(34)22(33,19(30)18(12-28)36-23)27(35)11-14-6-2-4-8-17(14)29/h1-8,10,18-19,28-30,33-35H,9,11-12H2,(H,25,31,32)/t18-,19-,22-,23+/m1/s1. The Balaban J connectivity index is 1.82. The van der Waals surface area contributed by atoms with E-state index >= 15 is 0 Å².